The molecule has 0 radical (unpaired) electrons. The molecule has 0 aromatic carbocycles. The van der Waals surface area contributed by atoms with Crippen molar-refractivity contribution in [3.05, 3.63) is 11.6 Å². The fourth-order valence-electron chi connectivity index (χ4n) is 3.60. The first-order valence-electron chi connectivity index (χ1n) is 7.06. The molecule has 92 valence electrons. The SMILES string of the molecule is CC1=C[C@H](C)[C@H](CN2CCCCC2)[C@H](C)C1. The van der Waals surface area contributed by atoms with E-state index >= 15 is 0 Å². The number of piperidine rings is 1. The zero-order chi connectivity index (χ0) is 11.5. The van der Waals surface area contributed by atoms with Gasteiger partial charge in [0.15, 0.2) is 0 Å². The highest BCUT2D eigenvalue weighted by molar-refractivity contribution is 5.08. The molecule has 0 aromatic rings. The molecule has 2 aliphatic rings. The van der Waals surface area contributed by atoms with Crippen LogP contribution in [0.15, 0.2) is 11.6 Å². The van der Waals surface area contributed by atoms with Gasteiger partial charge in [0.1, 0.15) is 0 Å². The second-order valence-electron chi connectivity index (χ2n) is 6.08. The van der Waals surface area contributed by atoms with Crippen molar-refractivity contribution in [3.63, 3.8) is 0 Å². The first-order chi connectivity index (χ1) is 7.66. The number of hydrogen-bond acceptors (Lipinski definition) is 1. The molecule has 0 amide bonds. The van der Waals surface area contributed by atoms with E-state index in [0.717, 1.165) is 17.8 Å². The van der Waals surface area contributed by atoms with Crippen LogP contribution in [0.4, 0.5) is 0 Å². The molecule has 16 heavy (non-hydrogen) atoms. The second kappa shape index (κ2) is 5.35. The summed E-state index contributed by atoms with van der Waals surface area (Å²) in [6.45, 7) is 11.2. The van der Waals surface area contributed by atoms with Crippen LogP contribution < -0.4 is 0 Å². The van der Waals surface area contributed by atoms with Crippen LogP contribution in [-0.4, -0.2) is 24.5 Å². The number of allylic oxidation sites excluding steroid dienone is 2. The highest BCUT2D eigenvalue weighted by atomic mass is 15.1. The number of likely N-dealkylation sites (tertiary alicyclic amines) is 1. The Hall–Kier alpha value is -0.300. The summed E-state index contributed by atoms with van der Waals surface area (Å²) >= 11 is 0. The third-order valence-corrected chi connectivity index (χ3v) is 4.52. The van der Waals surface area contributed by atoms with Gasteiger partial charge in [0.25, 0.3) is 0 Å². The highest BCUT2D eigenvalue weighted by Gasteiger charge is 2.28. The first kappa shape index (κ1) is 12.2. The zero-order valence-electron chi connectivity index (χ0n) is 11.2. The maximum absolute atomic E-state index is 2.70. The van der Waals surface area contributed by atoms with Gasteiger partial charge >= 0.3 is 0 Å². The van der Waals surface area contributed by atoms with Crippen molar-refractivity contribution in [1.82, 2.24) is 4.90 Å². The maximum Gasteiger partial charge on any atom is 0.00178 e. The van der Waals surface area contributed by atoms with Gasteiger partial charge in [-0.05, 0) is 57.0 Å². The van der Waals surface area contributed by atoms with E-state index in [9.17, 15) is 0 Å². The molecule has 0 N–H and O–H groups in total. The summed E-state index contributed by atoms with van der Waals surface area (Å²) in [6, 6.07) is 0. The Morgan fingerprint density at radius 3 is 2.50 bits per heavy atom. The number of nitrogens with zero attached hydrogens (tertiary/aromatic N) is 1. The molecule has 0 saturated carbocycles. The van der Waals surface area contributed by atoms with E-state index in [0.29, 0.717) is 0 Å². The van der Waals surface area contributed by atoms with Crippen molar-refractivity contribution in [1.29, 1.82) is 0 Å². The number of hydrogen-bond donors (Lipinski definition) is 0. The van der Waals surface area contributed by atoms with Crippen molar-refractivity contribution < 1.29 is 0 Å². The van der Waals surface area contributed by atoms with Gasteiger partial charge in [-0.15, -0.1) is 0 Å². The van der Waals surface area contributed by atoms with Crippen molar-refractivity contribution in [3.8, 4) is 0 Å². The van der Waals surface area contributed by atoms with Crippen molar-refractivity contribution >= 4 is 0 Å². The predicted molar refractivity (Wildman–Crippen MR) is 70.5 cm³/mol. The van der Waals surface area contributed by atoms with Gasteiger partial charge in [0.05, 0.1) is 0 Å². The Morgan fingerprint density at radius 1 is 1.19 bits per heavy atom. The predicted octanol–water partition coefficient (Wildman–Crippen LogP) is 3.71. The minimum atomic E-state index is 0.783. The van der Waals surface area contributed by atoms with E-state index in [4.69, 9.17) is 0 Å². The first-order valence-corrected chi connectivity index (χ1v) is 7.06. The fourth-order valence-corrected chi connectivity index (χ4v) is 3.60. The van der Waals surface area contributed by atoms with Gasteiger partial charge in [-0.1, -0.05) is 31.9 Å². The molecule has 1 saturated heterocycles. The van der Waals surface area contributed by atoms with Gasteiger partial charge in [0, 0.05) is 6.54 Å². The highest BCUT2D eigenvalue weighted by Crippen LogP contribution is 2.34. The molecule has 2 rings (SSSR count). The summed E-state index contributed by atoms with van der Waals surface area (Å²) in [7, 11) is 0. The van der Waals surface area contributed by atoms with Crippen LogP contribution in [0, 0.1) is 17.8 Å². The topological polar surface area (TPSA) is 3.24 Å². The van der Waals surface area contributed by atoms with Crippen LogP contribution in [0.3, 0.4) is 0 Å². The lowest BCUT2D eigenvalue weighted by Crippen LogP contribution is -2.39. The largest absolute Gasteiger partial charge is 0.303 e. The van der Waals surface area contributed by atoms with Gasteiger partial charge in [-0.25, -0.2) is 0 Å². The van der Waals surface area contributed by atoms with Gasteiger partial charge in [-0.3, -0.25) is 0 Å². The van der Waals surface area contributed by atoms with Crippen LogP contribution in [0.2, 0.25) is 0 Å². The van der Waals surface area contributed by atoms with Crippen LogP contribution in [-0.2, 0) is 0 Å². The van der Waals surface area contributed by atoms with E-state index in [1.807, 2.05) is 0 Å². The lowest BCUT2D eigenvalue weighted by Gasteiger charge is -2.38. The van der Waals surface area contributed by atoms with Crippen molar-refractivity contribution in [2.24, 2.45) is 17.8 Å². The molecule has 1 heteroatoms. The molecule has 1 aliphatic carbocycles. The molecule has 1 aliphatic heterocycles. The van der Waals surface area contributed by atoms with Gasteiger partial charge in [0.2, 0.25) is 0 Å². The molecule has 0 bridgehead atoms. The molecule has 3 atom stereocenters. The summed E-state index contributed by atoms with van der Waals surface area (Å²) in [6.07, 6.45) is 8.12. The standard InChI is InChI=1S/C15H27N/c1-12-9-13(2)15(14(3)10-12)11-16-7-5-4-6-8-16/h9,13-15H,4-8,10-11H2,1-3H3/t13-,14+,15-/m0/s1. The number of rotatable bonds is 2. The average molecular weight is 221 g/mol. The molecule has 0 aromatic heterocycles. The molecule has 0 spiro atoms. The monoisotopic (exact) mass is 221 g/mol. The Balaban J connectivity index is 1.92. The average Bonchev–Trinajstić information content (AvgIpc) is 2.25. The summed E-state index contributed by atoms with van der Waals surface area (Å²) < 4.78 is 0. The van der Waals surface area contributed by atoms with E-state index in [2.05, 4.69) is 31.7 Å². The molecular formula is C15H27N. The smallest absolute Gasteiger partial charge is 0.00178 e. The van der Waals surface area contributed by atoms with Crippen molar-refractivity contribution in [2.45, 2.75) is 46.5 Å². The Kier molecular flexibility index (Phi) is 4.07. The Bertz CT molecular complexity index is 250. The van der Waals surface area contributed by atoms with E-state index in [1.165, 1.54) is 45.3 Å². The Morgan fingerprint density at radius 2 is 1.88 bits per heavy atom. The van der Waals surface area contributed by atoms with Crippen LogP contribution in [0.1, 0.15) is 46.5 Å². The zero-order valence-corrected chi connectivity index (χ0v) is 11.2. The fraction of sp³-hybridized carbons (Fsp3) is 0.867. The van der Waals surface area contributed by atoms with Crippen molar-refractivity contribution in [2.75, 3.05) is 19.6 Å². The van der Waals surface area contributed by atoms with Crippen LogP contribution >= 0.6 is 0 Å². The van der Waals surface area contributed by atoms with Crippen LogP contribution in [0.25, 0.3) is 0 Å². The summed E-state index contributed by atoms with van der Waals surface area (Å²) in [5.74, 6) is 2.55. The van der Waals surface area contributed by atoms with Gasteiger partial charge in [-0.2, -0.15) is 0 Å². The normalized spacial score (nSPS) is 37.2. The lowest BCUT2D eigenvalue weighted by molar-refractivity contribution is 0.141. The molecular weight excluding hydrogens is 194 g/mol. The summed E-state index contributed by atoms with van der Waals surface area (Å²) in [5, 5.41) is 0. The quantitative estimate of drug-likeness (QED) is 0.643. The maximum atomic E-state index is 2.70. The van der Waals surface area contributed by atoms with E-state index < -0.39 is 0 Å². The third-order valence-electron chi connectivity index (χ3n) is 4.52. The minimum absolute atomic E-state index is 0.783. The third kappa shape index (κ3) is 2.88. The van der Waals surface area contributed by atoms with Gasteiger partial charge < -0.3 is 4.90 Å². The summed E-state index contributed by atoms with van der Waals surface area (Å²) in [5.41, 5.74) is 1.61. The minimum Gasteiger partial charge on any atom is -0.303 e. The molecule has 1 heterocycles. The molecule has 1 nitrogen and oxygen atoms in total. The van der Waals surface area contributed by atoms with Crippen LogP contribution in [0.5, 0.6) is 0 Å². The molecule has 1 fully saturated rings. The van der Waals surface area contributed by atoms with E-state index in [1.54, 1.807) is 5.57 Å². The Labute approximate surface area is 101 Å². The second-order valence-corrected chi connectivity index (χ2v) is 6.08. The summed E-state index contributed by atoms with van der Waals surface area (Å²) in [4.78, 5) is 2.70. The lowest BCUT2D eigenvalue weighted by atomic mass is 9.74. The van der Waals surface area contributed by atoms with E-state index in [-0.39, 0.29) is 0 Å². The molecule has 0 unspecified atom stereocenters.